The third-order valence-corrected chi connectivity index (χ3v) is 5.48. The predicted molar refractivity (Wildman–Crippen MR) is 98.5 cm³/mol. The number of methoxy groups -OCH3 is 1. The van der Waals surface area contributed by atoms with Crippen LogP contribution in [0.4, 0.5) is 0 Å². The van der Waals surface area contributed by atoms with Gasteiger partial charge < -0.3 is 19.9 Å². The first-order chi connectivity index (χ1) is 12.2. The number of rotatable bonds is 8. The Balaban J connectivity index is 1.58. The van der Waals surface area contributed by atoms with Crippen LogP contribution in [0.25, 0.3) is 0 Å². The van der Waals surface area contributed by atoms with Gasteiger partial charge in [0, 0.05) is 32.2 Å². The molecule has 4 unspecified atom stereocenters. The zero-order chi connectivity index (χ0) is 17.6. The fraction of sp³-hybridized carbons (Fsp3) is 0.833. The molecule has 0 saturated heterocycles. The second-order valence-corrected chi connectivity index (χ2v) is 7.45. The number of aromatic nitrogens is 3. The molecule has 2 aliphatic rings. The Bertz CT molecular complexity index is 572. The third-order valence-electron chi connectivity index (χ3n) is 5.48. The predicted octanol–water partition coefficient (Wildman–Crippen LogP) is 1.60. The maximum Gasteiger partial charge on any atom is 0.191 e. The summed E-state index contributed by atoms with van der Waals surface area (Å²) in [5.41, 5.74) is 0. The molecular formula is C18H32N6O. The maximum atomic E-state index is 5.25. The summed E-state index contributed by atoms with van der Waals surface area (Å²) in [7, 11) is 1.73. The van der Waals surface area contributed by atoms with Gasteiger partial charge in [0.2, 0.25) is 0 Å². The number of hydrogen-bond donors (Lipinski definition) is 2. The van der Waals surface area contributed by atoms with Gasteiger partial charge in [0.05, 0.1) is 13.2 Å². The molecule has 0 aromatic carbocycles. The van der Waals surface area contributed by atoms with Crippen LogP contribution in [0.5, 0.6) is 0 Å². The molecule has 7 nitrogen and oxygen atoms in total. The van der Waals surface area contributed by atoms with Crippen molar-refractivity contribution in [3.8, 4) is 0 Å². The molecule has 4 atom stereocenters. The van der Waals surface area contributed by atoms with E-state index in [-0.39, 0.29) is 6.04 Å². The average Bonchev–Trinajstić information content (AvgIpc) is 3.31. The Kier molecular flexibility index (Phi) is 6.29. The van der Waals surface area contributed by atoms with Crippen LogP contribution in [0.15, 0.2) is 11.3 Å². The number of fused-ring (bicyclic) bond motifs is 2. The lowest BCUT2D eigenvalue weighted by Crippen LogP contribution is -2.49. The molecule has 2 fully saturated rings. The van der Waals surface area contributed by atoms with Crippen molar-refractivity contribution in [1.82, 2.24) is 25.4 Å². The molecule has 3 rings (SSSR count). The Morgan fingerprint density at radius 1 is 1.44 bits per heavy atom. The smallest absolute Gasteiger partial charge is 0.191 e. The number of guanidine groups is 1. The van der Waals surface area contributed by atoms with E-state index in [0.717, 1.165) is 36.6 Å². The summed E-state index contributed by atoms with van der Waals surface area (Å²) >= 11 is 0. The third kappa shape index (κ3) is 4.71. The van der Waals surface area contributed by atoms with E-state index in [0.29, 0.717) is 19.2 Å². The van der Waals surface area contributed by atoms with Gasteiger partial charge in [-0.05, 0) is 38.0 Å². The number of nitrogens with zero attached hydrogens (tertiary/aromatic N) is 4. The van der Waals surface area contributed by atoms with Crippen LogP contribution in [0.2, 0.25) is 0 Å². The van der Waals surface area contributed by atoms with Crippen LogP contribution in [-0.4, -0.2) is 53.1 Å². The zero-order valence-electron chi connectivity index (χ0n) is 15.7. The SMILES string of the molecule is CCc1nncn1CCN=C(NC(C)COC)NC1CC2CCC1C2. The molecule has 0 aliphatic heterocycles. The Labute approximate surface area is 150 Å². The first-order valence-electron chi connectivity index (χ1n) is 9.62. The average molecular weight is 348 g/mol. The normalized spacial score (nSPS) is 26.8. The quantitative estimate of drug-likeness (QED) is 0.551. The van der Waals surface area contributed by atoms with Crippen molar-refractivity contribution in [2.75, 3.05) is 20.3 Å². The molecule has 1 aromatic rings. The summed E-state index contributed by atoms with van der Waals surface area (Å²) in [5, 5.41) is 15.3. The fourth-order valence-corrected chi connectivity index (χ4v) is 4.26. The molecule has 1 aromatic heterocycles. The van der Waals surface area contributed by atoms with Crippen molar-refractivity contribution in [2.45, 2.75) is 64.6 Å². The van der Waals surface area contributed by atoms with Gasteiger partial charge in [-0.15, -0.1) is 10.2 Å². The summed E-state index contributed by atoms with van der Waals surface area (Å²) < 4.78 is 7.33. The van der Waals surface area contributed by atoms with Crippen LogP contribution in [0.1, 0.15) is 45.4 Å². The molecule has 1 heterocycles. The monoisotopic (exact) mass is 348 g/mol. The number of aryl methyl sites for hydroxylation is 1. The van der Waals surface area contributed by atoms with Crippen molar-refractivity contribution in [3.05, 3.63) is 12.2 Å². The number of aliphatic imine (C=N–C) groups is 1. The molecule has 2 N–H and O–H groups in total. The second kappa shape index (κ2) is 8.65. The van der Waals surface area contributed by atoms with E-state index in [1.54, 1.807) is 13.4 Å². The Morgan fingerprint density at radius 3 is 3.00 bits per heavy atom. The lowest BCUT2D eigenvalue weighted by molar-refractivity contribution is 0.178. The number of ether oxygens (including phenoxy) is 1. The van der Waals surface area contributed by atoms with Gasteiger partial charge in [0.25, 0.3) is 0 Å². The van der Waals surface area contributed by atoms with Crippen molar-refractivity contribution < 1.29 is 4.74 Å². The van der Waals surface area contributed by atoms with Gasteiger partial charge in [0.1, 0.15) is 12.2 Å². The molecule has 25 heavy (non-hydrogen) atoms. The van der Waals surface area contributed by atoms with Crippen molar-refractivity contribution >= 4 is 5.96 Å². The molecule has 0 amide bonds. The highest BCUT2D eigenvalue weighted by Gasteiger charge is 2.39. The summed E-state index contributed by atoms with van der Waals surface area (Å²) in [5.74, 6) is 3.66. The van der Waals surface area contributed by atoms with E-state index in [1.165, 1.54) is 25.7 Å². The largest absolute Gasteiger partial charge is 0.383 e. The standard InChI is InChI=1S/C18H32N6O/c1-4-17-23-20-12-24(17)8-7-19-18(21-13(2)11-25-3)22-16-10-14-5-6-15(16)9-14/h12-16H,4-11H2,1-3H3,(H2,19,21,22). The van der Waals surface area contributed by atoms with Gasteiger partial charge in [0.15, 0.2) is 5.96 Å². The first-order valence-corrected chi connectivity index (χ1v) is 9.62. The van der Waals surface area contributed by atoms with E-state index in [4.69, 9.17) is 9.73 Å². The van der Waals surface area contributed by atoms with E-state index >= 15 is 0 Å². The zero-order valence-corrected chi connectivity index (χ0v) is 15.7. The van der Waals surface area contributed by atoms with Crippen LogP contribution in [0, 0.1) is 11.8 Å². The lowest BCUT2D eigenvalue weighted by Gasteiger charge is -2.26. The van der Waals surface area contributed by atoms with Crippen LogP contribution in [0.3, 0.4) is 0 Å². The van der Waals surface area contributed by atoms with Gasteiger partial charge >= 0.3 is 0 Å². The molecule has 0 spiro atoms. The van der Waals surface area contributed by atoms with Gasteiger partial charge in [-0.3, -0.25) is 4.99 Å². The van der Waals surface area contributed by atoms with E-state index in [9.17, 15) is 0 Å². The van der Waals surface area contributed by atoms with E-state index < -0.39 is 0 Å². The topological polar surface area (TPSA) is 76.4 Å². The molecule has 2 aliphatic carbocycles. The maximum absolute atomic E-state index is 5.25. The lowest BCUT2D eigenvalue weighted by atomic mass is 9.95. The summed E-state index contributed by atoms with van der Waals surface area (Å²) in [6.45, 7) is 6.40. The Hall–Kier alpha value is -1.63. The summed E-state index contributed by atoms with van der Waals surface area (Å²) in [6.07, 6.45) is 8.14. The van der Waals surface area contributed by atoms with Crippen molar-refractivity contribution in [3.63, 3.8) is 0 Å². The van der Waals surface area contributed by atoms with Crippen LogP contribution < -0.4 is 10.6 Å². The molecule has 7 heteroatoms. The number of hydrogen-bond acceptors (Lipinski definition) is 4. The summed E-state index contributed by atoms with van der Waals surface area (Å²) in [4.78, 5) is 4.81. The van der Waals surface area contributed by atoms with Crippen LogP contribution in [-0.2, 0) is 17.7 Å². The first kappa shape index (κ1) is 18.2. The molecule has 140 valence electrons. The fourth-order valence-electron chi connectivity index (χ4n) is 4.26. The van der Waals surface area contributed by atoms with Gasteiger partial charge in [-0.1, -0.05) is 13.3 Å². The minimum Gasteiger partial charge on any atom is -0.383 e. The van der Waals surface area contributed by atoms with Crippen LogP contribution >= 0.6 is 0 Å². The molecular weight excluding hydrogens is 316 g/mol. The highest BCUT2D eigenvalue weighted by molar-refractivity contribution is 5.80. The van der Waals surface area contributed by atoms with Crippen molar-refractivity contribution in [1.29, 1.82) is 0 Å². The highest BCUT2D eigenvalue weighted by atomic mass is 16.5. The van der Waals surface area contributed by atoms with Gasteiger partial charge in [-0.2, -0.15) is 0 Å². The van der Waals surface area contributed by atoms with E-state index in [2.05, 4.69) is 39.2 Å². The van der Waals surface area contributed by atoms with Crippen molar-refractivity contribution in [2.24, 2.45) is 16.8 Å². The molecule has 2 bridgehead atoms. The molecule has 2 saturated carbocycles. The minimum absolute atomic E-state index is 0.232. The second-order valence-electron chi connectivity index (χ2n) is 7.45. The highest BCUT2D eigenvalue weighted by Crippen LogP contribution is 2.44. The Morgan fingerprint density at radius 2 is 2.32 bits per heavy atom. The number of nitrogens with one attached hydrogen (secondary N) is 2. The van der Waals surface area contributed by atoms with Gasteiger partial charge in [-0.25, -0.2) is 0 Å². The minimum atomic E-state index is 0.232. The molecule has 0 radical (unpaired) electrons. The summed E-state index contributed by atoms with van der Waals surface area (Å²) in [6, 6.07) is 0.803. The van der Waals surface area contributed by atoms with E-state index in [1.807, 2.05) is 0 Å².